The van der Waals surface area contributed by atoms with E-state index < -0.39 is 0 Å². The number of amides is 1. The van der Waals surface area contributed by atoms with Crippen molar-refractivity contribution in [3.63, 3.8) is 0 Å². The summed E-state index contributed by atoms with van der Waals surface area (Å²) in [6, 6.07) is 0. The SMILES string of the molecule is C=C(C)[C@@H]1CC[C@]2(C(=O)NCCCCCCCCCCC(=O)OC)CC[C@]3(C)[C@H](CC[C@@H]4[C@@]5(C)CCC(=O)C(C)(C)[C@@H]5CC[C@]43C)[C@@H]12. The molecular weight excluding hydrogens is 582 g/mol. The van der Waals surface area contributed by atoms with E-state index in [2.05, 4.69) is 53.4 Å². The Morgan fingerprint density at radius 2 is 1.45 bits per heavy atom. The summed E-state index contributed by atoms with van der Waals surface area (Å²) in [5.74, 6) is 3.24. The predicted molar refractivity (Wildman–Crippen MR) is 191 cm³/mol. The first kappa shape index (κ1) is 36.6. The number of nitrogens with one attached hydrogen (secondary N) is 1. The quantitative estimate of drug-likeness (QED) is 0.122. The molecule has 5 saturated carbocycles. The smallest absolute Gasteiger partial charge is 0.305 e. The van der Waals surface area contributed by atoms with Crippen LogP contribution in [-0.4, -0.2) is 31.3 Å². The van der Waals surface area contributed by atoms with Crippen LogP contribution in [-0.2, 0) is 19.1 Å². The number of ether oxygens (including phenoxy) is 1. The molecule has 0 bridgehead atoms. The fraction of sp³-hybridized carbons (Fsp3) is 0.881. The number of Topliss-reactive ketones (excluding diaryl/α,β-unsaturated/α-hetero) is 1. The number of hydrogen-bond donors (Lipinski definition) is 1. The molecule has 266 valence electrons. The van der Waals surface area contributed by atoms with E-state index >= 15 is 0 Å². The first-order valence-electron chi connectivity index (χ1n) is 19.7. The third kappa shape index (κ3) is 6.19. The van der Waals surface area contributed by atoms with Crippen LogP contribution < -0.4 is 5.32 Å². The van der Waals surface area contributed by atoms with Gasteiger partial charge in [0.15, 0.2) is 0 Å². The van der Waals surface area contributed by atoms with Gasteiger partial charge in [0, 0.05) is 24.8 Å². The van der Waals surface area contributed by atoms with Crippen molar-refractivity contribution in [1.29, 1.82) is 0 Å². The Kier molecular flexibility index (Phi) is 10.9. The molecule has 5 aliphatic rings. The molecule has 1 N–H and O–H groups in total. The highest BCUT2D eigenvalue weighted by Crippen LogP contribution is 2.77. The molecule has 0 aromatic rings. The van der Waals surface area contributed by atoms with Gasteiger partial charge in [-0.2, -0.15) is 0 Å². The molecule has 5 nitrogen and oxygen atoms in total. The van der Waals surface area contributed by atoms with Crippen molar-refractivity contribution < 1.29 is 19.1 Å². The van der Waals surface area contributed by atoms with E-state index in [0.717, 1.165) is 70.8 Å². The van der Waals surface area contributed by atoms with Gasteiger partial charge in [-0.15, -0.1) is 0 Å². The Morgan fingerprint density at radius 3 is 2.11 bits per heavy atom. The van der Waals surface area contributed by atoms with Crippen molar-refractivity contribution in [3.05, 3.63) is 12.2 Å². The summed E-state index contributed by atoms with van der Waals surface area (Å²) in [7, 11) is 1.46. The number of allylic oxidation sites excluding steroid dienone is 1. The second kappa shape index (κ2) is 13.9. The van der Waals surface area contributed by atoms with Crippen molar-refractivity contribution >= 4 is 17.7 Å². The highest BCUT2D eigenvalue weighted by atomic mass is 16.5. The number of carbonyl (C=O) groups excluding carboxylic acids is 3. The molecule has 5 aliphatic carbocycles. The monoisotopic (exact) mass is 652 g/mol. The van der Waals surface area contributed by atoms with Crippen LogP contribution in [0.3, 0.4) is 0 Å². The van der Waals surface area contributed by atoms with Gasteiger partial charge < -0.3 is 10.1 Å². The molecule has 0 spiro atoms. The number of ketones is 1. The first-order valence-corrected chi connectivity index (χ1v) is 19.7. The van der Waals surface area contributed by atoms with Crippen LogP contribution >= 0.6 is 0 Å². The van der Waals surface area contributed by atoms with Crippen LogP contribution in [0.5, 0.6) is 0 Å². The molecule has 1 amide bonds. The van der Waals surface area contributed by atoms with Crippen molar-refractivity contribution in [3.8, 4) is 0 Å². The van der Waals surface area contributed by atoms with Gasteiger partial charge >= 0.3 is 5.97 Å². The zero-order chi connectivity index (χ0) is 34.3. The van der Waals surface area contributed by atoms with Gasteiger partial charge in [0.2, 0.25) is 5.91 Å². The number of rotatable bonds is 13. The predicted octanol–water partition coefficient (Wildman–Crippen LogP) is 10.0. The molecule has 5 fully saturated rings. The lowest BCUT2D eigenvalue weighted by Gasteiger charge is -2.72. The molecule has 47 heavy (non-hydrogen) atoms. The number of esters is 1. The van der Waals surface area contributed by atoms with Crippen LogP contribution in [0, 0.1) is 56.7 Å². The molecule has 0 aliphatic heterocycles. The highest BCUT2D eigenvalue weighted by Gasteiger charge is 2.71. The van der Waals surface area contributed by atoms with Crippen molar-refractivity contribution in [2.45, 2.75) is 164 Å². The molecule has 0 unspecified atom stereocenters. The van der Waals surface area contributed by atoms with E-state index in [1.54, 1.807) is 0 Å². The number of fused-ring (bicyclic) bond motifs is 7. The average molecular weight is 652 g/mol. The van der Waals surface area contributed by atoms with Crippen molar-refractivity contribution in [2.75, 3.05) is 13.7 Å². The standard InChI is InChI=1S/C42H69NO4/c1-29(2)30-20-25-42(37(46)43-28-16-14-12-10-9-11-13-15-17-35(45)47-8)27-26-40(6)31(36(30)42)18-19-33-39(5)23-22-34(44)38(3,4)32(39)21-24-41(33,40)7/h30-33,36H,1,9-28H2,2-8H3,(H,43,46)/t30-,31+,32-,33+,36+,39-,40+,41+,42-/m0/s1. The molecule has 0 radical (unpaired) electrons. The Bertz CT molecular complexity index is 1190. The third-order valence-electron chi connectivity index (χ3n) is 16.1. The Balaban J connectivity index is 1.22. The van der Waals surface area contributed by atoms with Gasteiger partial charge in [0.1, 0.15) is 5.78 Å². The van der Waals surface area contributed by atoms with E-state index in [9.17, 15) is 14.4 Å². The zero-order valence-corrected chi connectivity index (χ0v) is 31.4. The van der Waals surface area contributed by atoms with Crippen molar-refractivity contribution in [1.82, 2.24) is 5.32 Å². The Hall–Kier alpha value is -1.65. The van der Waals surface area contributed by atoms with Gasteiger partial charge in [-0.1, -0.05) is 85.3 Å². The van der Waals surface area contributed by atoms with Gasteiger partial charge in [-0.25, -0.2) is 0 Å². The minimum atomic E-state index is -0.248. The first-order chi connectivity index (χ1) is 22.2. The highest BCUT2D eigenvalue weighted by molar-refractivity contribution is 5.85. The maximum atomic E-state index is 14.4. The third-order valence-corrected chi connectivity index (χ3v) is 16.1. The molecule has 5 rings (SSSR count). The Morgan fingerprint density at radius 1 is 0.787 bits per heavy atom. The van der Waals surface area contributed by atoms with E-state index in [1.165, 1.54) is 64.0 Å². The van der Waals surface area contributed by atoms with E-state index in [4.69, 9.17) is 4.74 Å². The largest absolute Gasteiger partial charge is 0.469 e. The van der Waals surface area contributed by atoms with Crippen LogP contribution in [0.2, 0.25) is 0 Å². The Labute approximate surface area is 287 Å². The van der Waals surface area contributed by atoms with Gasteiger partial charge in [-0.05, 0) is 123 Å². The minimum absolute atomic E-state index is 0.102. The summed E-state index contributed by atoms with van der Waals surface area (Å²) >= 11 is 0. The number of unbranched alkanes of at least 4 members (excludes halogenated alkanes) is 7. The molecule has 0 aromatic heterocycles. The summed E-state index contributed by atoms with van der Waals surface area (Å²) in [6.45, 7) is 19.9. The van der Waals surface area contributed by atoms with Gasteiger partial charge in [0.05, 0.1) is 12.5 Å². The van der Waals surface area contributed by atoms with Gasteiger partial charge in [-0.3, -0.25) is 14.4 Å². The van der Waals surface area contributed by atoms with Crippen LogP contribution in [0.25, 0.3) is 0 Å². The van der Waals surface area contributed by atoms with Crippen molar-refractivity contribution in [2.24, 2.45) is 56.7 Å². The van der Waals surface area contributed by atoms with E-state index in [0.29, 0.717) is 47.7 Å². The van der Waals surface area contributed by atoms with E-state index in [1.807, 2.05) is 0 Å². The van der Waals surface area contributed by atoms with Gasteiger partial charge in [0.25, 0.3) is 0 Å². The molecule has 0 heterocycles. The summed E-state index contributed by atoms with van der Waals surface area (Å²) in [6.07, 6.45) is 20.6. The number of carbonyl (C=O) groups is 3. The fourth-order valence-corrected chi connectivity index (χ4v) is 13.3. The summed E-state index contributed by atoms with van der Waals surface area (Å²) in [5.41, 5.74) is 1.50. The maximum absolute atomic E-state index is 14.4. The van der Waals surface area contributed by atoms with Crippen LogP contribution in [0.1, 0.15) is 164 Å². The lowest BCUT2D eigenvalue weighted by molar-refractivity contribution is -0.233. The topological polar surface area (TPSA) is 72.5 Å². The number of methoxy groups -OCH3 is 1. The van der Waals surface area contributed by atoms with E-state index in [-0.39, 0.29) is 33.0 Å². The summed E-state index contributed by atoms with van der Waals surface area (Å²) < 4.78 is 4.72. The molecule has 0 aromatic carbocycles. The second-order valence-electron chi connectivity index (χ2n) is 18.4. The maximum Gasteiger partial charge on any atom is 0.305 e. The number of hydrogen-bond acceptors (Lipinski definition) is 4. The summed E-state index contributed by atoms with van der Waals surface area (Å²) in [4.78, 5) is 38.7. The average Bonchev–Trinajstić information content (AvgIpc) is 3.43. The summed E-state index contributed by atoms with van der Waals surface area (Å²) in [5, 5.41) is 3.49. The fourth-order valence-electron chi connectivity index (χ4n) is 13.3. The lowest BCUT2D eigenvalue weighted by atomic mass is 9.32. The molecule has 9 atom stereocenters. The molecular formula is C42H69NO4. The normalized spacial score (nSPS) is 40.4. The molecule has 5 heteroatoms. The lowest BCUT2D eigenvalue weighted by Crippen LogP contribution is -2.67. The molecule has 0 saturated heterocycles. The zero-order valence-electron chi connectivity index (χ0n) is 31.4. The van der Waals surface area contributed by atoms with Crippen LogP contribution in [0.4, 0.5) is 0 Å². The van der Waals surface area contributed by atoms with Crippen LogP contribution in [0.15, 0.2) is 12.2 Å². The second-order valence-corrected chi connectivity index (χ2v) is 18.4. The minimum Gasteiger partial charge on any atom is -0.469 e.